The fourth-order valence-corrected chi connectivity index (χ4v) is 5.53. The molecular weight excluding hydrogens is 534 g/mol. The number of phenolic OH excluding ortho intramolecular Hbond substituents is 1. The second kappa shape index (κ2) is 10.7. The molecule has 4 N–H and O–H groups in total. The number of fused-ring (bicyclic) bond motifs is 1. The van der Waals surface area contributed by atoms with Crippen molar-refractivity contribution in [1.29, 1.82) is 0 Å². The number of carbonyl (C=O) groups is 2. The molecule has 2 amide bonds. The van der Waals surface area contributed by atoms with Gasteiger partial charge in [-0.2, -0.15) is 0 Å². The van der Waals surface area contributed by atoms with E-state index in [4.69, 9.17) is 16.3 Å². The molecule has 3 aliphatic rings. The van der Waals surface area contributed by atoms with Gasteiger partial charge in [0, 0.05) is 36.9 Å². The minimum Gasteiger partial charge on any atom is -0.508 e. The first-order valence-electron chi connectivity index (χ1n) is 13.4. The highest BCUT2D eigenvalue weighted by Gasteiger charge is 2.49. The van der Waals surface area contributed by atoms with Crippen LogP contribution in [-0.4, -0.2) is 68.3 Å². The van der Waals surface area contributed by atoms with Crippen molar-refractivity contribution < 1.29 is 24.5 Å². The molecule has 2 aliphatic heterocycles. The average molecular weight is 564 g/mol. The summed E-state index contributed by atoms with van der Waals surface area (Å²) in [4.78, 5) is 36.8. The van der Waals surface area contributed by atoms with Crippen LogP contribution in [0.1, 0.15) is 53.2 Å². The Hall–Kier alpha value is -3.73. The van der Waals surface area contributed by atoms with Crippen LogP contribution in [0.2, 0.25) is 5.02 Å². The van der Waals surface area contributed by atoms with E-state index in [2.05, 4.69) is 20.6 Å². The molecule has 0 spiro atoms. The van der Waals surface area contributed by atoms with Gasteiger partial charge in [0.15, 0.2) is 0 Å². The number of benzene rings is 2. The van der Waals surface area contributed by atoms with Gasteiger partial charge in [0.25, 0.3) is 5.91 Å². The fourth-order valence-electron chi connectivity index (χ4n) is 5.33. The number of anilines is 1. The highest BCUT2D eigenvalue weighted by atomic mass is 35.5. The van der Waals surface area contributed by atoms with Gasteiger partial charge in [-0.05, 0) is 55.0 Å². The van der Waals surface area contributed by atoms with E-state index in [1.165, 1.54) is 17.0 Å². The number of halogens is 1. The maximum absolute atomic E-state index is 13.3. The van der Waals surface area contributed by atoms with E-state index in [-0.39, 0.29) is 30.8 Å². The number of ether oxygens (including phenoxy) is 1. The van der Waals surface area contributed by atoms with E-state index >= 15 is 0 Å². The summed E-state index contributed by atoms with van der Waals surface area (Å²) in [5.74, 6) is -0.137. The summed E-state index contributed by atoms with van der Waals surface area (Å²) in [6.07, 6.45) is 4.37. The Labute approximate surface area is 236 Å². The molecule has 1 aliphatic carbocycles. The van der Waals surface area contributed by atoms with Crippen LogP contribution in [0.4, 0.5) is 5.95 Å². The number of carbonyl (C=O) groups excluding carboxylic acids is 2. The highest BCUT2D eigenvalue weighted by molar-refractivity contribution is 6.33. The largest absolute Gasteiger partial charge is 0.508 e. The maximum Gasteiger partial charge on any atom is 0.254 e. The lowest BCUT2D eigenvalue weighted by molar-refractivity contribution is -0.123. The van der Waals surface area contributed by atoms with Crippen molar-refractivity contribution in [2.75, 3.05) is 25.1 Å². The molecule has 11 heteroatoms. The first-order valence-corrected chi connectivity index (χ1v) is 13.8. The molecular formula is C29H30ClN5O5. The van der Waals surface area contributed by atoms with Crippen LogP contribution in [0.25, 0.3) is 11.3 Å². The van der Waals surface area contributed by atoms with Gasteiger partial charge < -0.3 is 30.5 Å². The number of nitrogens with zero attached hydrogens (tertiary/aromatic N) is 3. The Morgan fingerprint density at radius 2 is 2.00 bits per heavy atom. The van der Waals surface area contributed by atoms with Gasteiger partial charge >= 0.3 is 0 Å². The van der Waals surface area contributed by atoms with Crippen molar-refractivity contribution in [1.82, 2.24) is 20.2 Å². The third-order valence-corrected chi connectivity index (χ3v) is 7.98. The molecule has 1 atom stereocenters. The van der Waals surface area contributed by atoms with Gasteiger partial charge in [-0.3, -0.25) is 9.59 Å². The zero-order valence-corrected chi connectivity index (χ0v) is 22.5. The predicted molar refractivity (Wildman–Crippen MR) is 148 cm³/mol. The van der Waals surface area contributed by atoms with Crippen LogP contribution in [0.5, 0.6) is 5.75 Å². The lowest BCUT2D eigenvalue weighted by atomic mass is 9.99. The number of aromatic nitrogens is 2. The lowest BCUT2D eigenvalue weighted by Gasteiger charge is -2.26. The second-order valence-electron chi connectivity index (χ2n) is 10.7. The summed E-state index contributed by atoms with van der Waals surface area (Å²) in [6, 6.07) is 11.5. The van der Waals surface area contributed by atoms with E-state index in [0.717, 1.165) is 18.4 Å². The average Bonchev–Trinajstić information content (AvgIpc) is 3.63. The van der Waals surface area contributed by atoms with Gasteiger partial charge in [0.05, 0.1) is 28.6 Å². The number of aliphatic hydroxyl groups is 1. The van der Waals surface area contributed by atoms with Gasteiger partial charge in [0.2, 0.25) is 11.9 Å². The van der Waals surface area contributed by atoms with Crippen molar-refractivity contribution in [3.05, 3.63) is 70.4 Å². The maximum atomic E-state index is 13.3. The molecule has 0 radical (unpaired) electrons. The Morgan fingerprint density at radius 3 is 2.75 bits per heavy atom. The van der Waals surface area contributed by atoms with Crippen molar-refractivity contribution in [3.8, 4) is 17.0 Å². The smallest absolute Gasteiger partial charge is 0.254 e. The molecule has 2 fully saturated rings. The Kier molecular flexibility index (Phi) is 7.07. The van der Waals surface area contributed by atoms with Crippen molar-refractivity contribution in [2.24, 2.45) is 0 Å². The summed E-state index contributed by atoms with van der Waals surface area (Å²) in [5.41, 5.74) is 2.04. The van der Waals surface area contributed by atoms with Crippen LogP contribution in [-0.2, 0) is 16.1 Å². The molecule has 1 saturated heterocycles. The number of nitrogens with one attached hydrogen (secondary N) is 2. The van der Waals surface area contributed by atoms with Gasteiger partial charge in [-0.15, -0.1) is 0 Å². The van der Waals surface area contributed by atoms with E-state index < -0.39 is 17.6 Å². The zero-order valence-electron chi connectivity index (χ0n) is 21.8. The number of aromatic hydroxyl groups is 1. The molecule has 2 aromatic carbocycles. The van der Waals surface area contributed by atoms with Crippen molar-refractivity contribution in [3.63, 3.8) is 0 Å². The van der Waals surface area contributed by atoms with E-state index in [9.17, 15) is 19.8 Å². The van der Waals surface area contributed by atoms with Crippen LogP contribution in [0, 0.1) is 0 Å². The summed E-state index contributed by atoms with van der Waals surface area (Å²) >= 11 is 6.45. The molecule has 1 saturated carbocycles. The molecule has 208 valence electrons. The van der Waals surface area contributed by atoms with Crippen LogP contribution < -0.4 is 10.6 Å². The van der Waals surface area contributed by atoms with Crippen molar-refractivity contribution in [2.45, 2.75) is 49.9 Å². The Balaban J connectivity index is 1.16. The molecule has 1 unspecified atom stereocenters. The number of amides is 2. The third-order valence-electron chi connectivity index (χ3n) is 7.70. The van der Waals surface area contributed by atoms with Crippen LogP contribution in [0.3, 0.4) is 0 Å². The van der Waals surface area contributed by atoms with E-state index in [1.807, 2.05) is 12.1 Å². The topological polar surface area (TPSA) is 137 Å². The minimum atomic E-state index is -1.06. The summed E-state index contributed by atoms with van der Waals surface area (Å²) in [6.45, 7) is 1.51. The first kappa shape index (κ1) is 26.5. The number of phenols is 1. The molecule has 40 heavy (non-hydrogen) atoms. The normalized spacial score (nSPS) is 18.8. The summed E-state index contributed by atoms with van der Waals surface area (Å²) in [7, 11) is 0. The molecule has 6 rings (SSSR count). The molecule has 1 aromatic heterocycles. The van der Waals surface area contributed by atoms with Crippen LogP contribution in [0.15, 0.2) is 48.7 Å². The Bertz CT molecular complexity index is 1460. The van der Waals surface area contributed by atoms with Gasteiger partial charge in [0.1, 0.15) is 12.3 Å². The fraction of sp³-hybridized carbons (Fsp3) is 0.379. The number of hydrogen-bond donors (Lipinski definition) is 4. The summed E-state index contributed by atoms with van der Waals surface area (Å²) in [5, 5.41) is 27.3. The highest BCUT2D eigenvalue weighted by Crippen LogP contribution is 2.46. The molecule has 3 aromatic rings. The minimum absolute atomic E-state index is 0.0530. The zero-order chi connectivity index (χ0) is 27.9. The predicted octanol–water partition coefficient (Wildman–Crippen LogP) is 3.43. The third kappa shape index (κ3) is 5.47. The Morgan fingerprint density at radius 1 is 1.20 bits per heavy atom. The molecule has 0 bridgehead atoms. The van der Waals surface area contributed by atoms with Crippen molar-refractivity contribution >= 4 is 29.4 Å². The quantitative estimate of drug-likeness (QED) is 0.327. The SMILES string of the molecule is O=C(CN1Cc2ccc(-c3nc(NC4CCOCC4)ncc3Cl)cc2C1=O)NC(c1cccc(O)c1)C1(O)CC1. The monoisotopic (exact) mass is 563 g/mol. The first-order chi connectivity index (χ1) is 19.3. The standard InChI is InChI=1S/C29H30ClN5O5/c30-23-14-31-28(32-20-6-10-40-11-7-20)34-25(23)17-4-5-19-15-35(27(38)22(19)13-17)16-24(37)33-26(29(39)8-9-29)18-2-1-3-21(36)12-18/h1-5,12-14,20,26,36,39H,6-11,15-16H2,(H,33,37)(H,31,32,34). The van der Waals surface area contributed by atoms with Gasteiger partial charge in [-0.25, -0.2) is 9.97 Å². The van der Waals surface area contributed by atoms with Gasteiger partial charge in [-0.1, -0.05) is 35.9 Å². The van der Waals surface area contributed by atoms with Crippen LogP contribution >= 0.6 is 11.6 Å². The summed E-state index contributed by atoms with van der Waals surface area (Å²) < 4.78 is 5.41. The lowest BCUT2D eigenvalue weighted by Crippen LogP contribution is -2.43. The number of rotatable bonds is 8. The van der Waals surface area contributed by atoms with E-state index in [1.54, 1.807) is 24.4 Å². The molecule has 10 nitrogen and oxygen atoms in total. The number of hydrogen-bond acceptors (Lipinski definition) is 8. The molecule has 3 heterocycles. The van der Waals surface area contributed by atoms with E-state index in [0.29, 0.717) is 59.4 Å². The second-order valence-corrected chi connectivity index (χ2v) is 11.1.